The number of nitrogens with zero attached hydrogens (tertiary/aromatic N) is 2. The van der Waals surface area contributed by atoms with Crippen LogP contribution in [0.25, 0.3) is 0 Å². The highest BCUT2D eigenvalue weighted by Gasteiger charge is 2.11. The van der Waals surface area contributed by atoms with Crippen molar-refractivity contribution in [3.05, 3.63) is 12.0 Å². The van der Waals surface area contributed by atoms with Crippen LogP contribution in [0.4, 0.5) is 0 Å². The lowest BCUT2D eigenvalue weighted by Crippen LogP contribution is -2.39. The van der Waals surface area contributed by atoms with Crippen molar-refractivity contribution < 1.29 is 24.0 Å². The molecule has 0 aliphatic heterocycles. The van der Waals surface area contributed by atoms with Crippen LogP contribution in [0.1, 0.15) is 40.0 Å². The molecule has 25 heavy (non-hydrogen) atoms. The zero-order chi connectivity index (χ0) is 19.7. The molecule has 0 aliphatic carbocycles. The quantitative estimate of drug-likeness (QED) is 0.476. The molecule has 7 nitrogen and oxygen atoms in total. The van der Waals surface area contributed by atoms with Gasteiger partial charge in [-0.05, 0) is 31.3 Å². The molecule has 0 heterocycles. The van der Waals surface area contributed by atoms with Gasteiger partial charge in [0.2, 0.25) is 0 Å². The van der Waals surface area contributed by atoms with Crippen LogP contribution >= 0.6 is 0 Å². The van der Waals surface area contributed by atoms with Gasteiger partial charge in [0.1, 0.15) is 0 Å². The van der Waals surface area contributed by atoms with Gasteiger partial charge in [-0.15, -0.1) is 0 Å². The first kappa shape index (κ1) is 26.0. The highest BCUT2D eigenvalue weighted by atomic mass is 32.2. The third-order valence-electron chi connectivity index (χ3n) is 3.27. The number of rotatable bonds is 14. The summed E-state index contributed by atoms with van der Waals surface area (Å²) in [5, 5.41) is 18.1. The summed E-state index contributed by atoms with van der Waals surface area (Å²) in [6, 6.07) is 0. The lowest BCUT2D eigenvalue weighted by molar-refractivity contribution is -0.138. The number of carboxylic acid groups (broad SMARTS) is 2. The van der Waals surface area contributed by atoms with Crippen molar-refractivity contribution in [2.24, 2.45) is 0 Å². The first-order valence-corrected chi connectivity index (χ1v) is 10.1. The van der Waals surface area contributed by atoms with Crippen LogP contribution in [0.15, 0.2) is 12.0 Å². The molecule has 0 aromatic heterocycles. The Hall–Kier alpha value is -1.25. The predicted octanol–water partition coefficient (Wildman–Crippen LogP) is 1.87. The predicted molar refractivity (Wildman–Crippen MR) is 102 cm³/mol. The molecule has 148 valence electrons. The van der Waals surface area contributed by atoms with Gasteiger partial charge in [-0.2, -0.15) is 0 Å². The summed E-state index contributed by atoms with van der Waals surface area (Å²) in [4.78, 5) is 24.4. The van der Waals surface area contributed by atoms with Gasteiger partial charge >= 0.3 is 11.9 Å². The Balaban J connectivity index is 0. The van der Waals surface area contributed by atoms with Crippen molar-refractivity contribution in [3.63, 3.8) is 0 Å². The van der Waals surface area contributed by atoms with E-state index in [0.29, 0.717) is 5.75 Å². The fourth-order valence-electron chi connectivity index (χ4n) is 2.01. The Kier molecular flexibility index (Phi) is 18.3. The standard InChI is InChI=1S/C14H28N2O3S.C3H6O2/c1-4-7-15(11-12-20(19)6-3)9-10-16(8-5-2)13-14(17)18;1-2-3(4)5/h6H,3-5,7-13H2,1-2H3,(H,17,18);2H2,1H3,(H,4,5). The van der Waals surface area contributed by atoms with Crippen LogP contribution in [0.2, 0.25) is 0 Å². The van der Waals surface area contributed by atoms with Gasteiger partial charge in [-0.3, -0.25) is 18.7 Å². The Morgan fingerprint density at radius 1 is 0.920 bits per heavy atom. The van der Waals surface area contributed by atoms with Crippen molar-refractivity contribution in [2.45, 2.75) is 40.0 Å². The van der Waals surface area contributed by atoms with E-state index in [1.165, 1.54) is 5.41 Å². The van der Waals surface area contributed by atoms with E-state index in [0.717, 1.165) is 45.6 Å². The normalized spacial score (nSPS) is 11.7. The molecule has 0 radical (unpaired) electrons. The number of carboxylic acids is 2. The molecule has 0 aliphatic rings. The summed E-state index contributed by atoms with van der Waals surface area (Å²) >= 11 is 0. The van der Waals surface area contributed by atoms with Crippen LogP contribution in [0.5, 0.6) is 0 Å². The molecule has 0 amide bonds. The van der Waals surface area contributed by atoms with Crippen molar-refractivity contribution in [1.29, 1.82) is 0 Å². The molecule has 2 N–H and O–H groups in total. The zero-order valence-electron chi connectivity index (χ0n) is 15.8. The zero-order valence-corrected chi connectivity index (χ0v) is 16.6. The van der Waals surface area contributed by atoms with Crippen LogP contribution in [0, 0.1) is 0 Å². The minimum atomic E-state index is -0.963. The van der Waals surface area contributed by atoms with E-state index in [1.54, 1.807) is 6.92 Å². The minimum absolute atomic E-state index is 0.0897. The molecule has 8 heteroatoms. The summed E-state index contributed by atoms with van der Waals surface area (Å²) in [6.45, 7) is 13.4. The molecule has 0 rings (SSSR count). The van der Waals surface area contributed by atoms with E-state index in [2.05, 4.69) is 18.4 Å². The van der Waals surface area contributed by atoms with Crippen LogP contribution in [-0.2, 0) is 20.4 Å². The van der Waals surface area contributed by atoms with Crippen molar-refractivity contribution in [2.75, 3.05) is 45.0 Å². The largest absolute Gasteiger partial charge is 0.481 e. The van der Waals surface area contributed by atoms with Crippen molar-refractivity contribution in [3.8, 4) is 0 Å². The second-order valence-corrected chi connectivity index (χ2v) is 7.01. The molecule has 0 fully saturated rings. The molecular formula is C17H34N2O5S. The number of carbonyl (C=O) groups is 2. The second kappa shape index (κ2) is 17.6. The molecule has 1 atom stereocenters. The third-order valence-corrected chi connectivity index (χ3v) is 4.22. The van der Waals surface area contributed by atoms with Crippen molar-refractivity contribution >= 4 is 22.7 Å². The maximum absolute atomic E-state index is 11.4. The van der Waals surface area contributed by atoms with E-state index in [1.807, 2.05) is 11.8 Å². The first-order valence-electron chi connectivity index (χ1n) is 8.68. The summed E-state index contributed by atoms with van der Waals surface area (Å²) in [7, 11) is -0.963. The van der Waals surface area contributed by atoms with Gasteiger partial charge in [-0.25, -0.2) is 0 Å². The molecule has 0 saturated heterocycles. The third kappa shape index (κ3) is 18.9. The summed E-state index contributed by atoms with van der Waals surface area (Å²) in [6.07, 6.45) is 2.20. The summed E-state index contributed by atoms with van der Waals surface area (Å²) in [5.41, 5.74) is 0. The monoisotopic (exact) mass is 378 g/mol. The van der Waals surface area contributed by atoms with Crippen LogP contribution < -0.4 is 0 Å². The molecule has 0 saturated carbocycles. The van der Waals surface area contributed by atoms with Gasteiger partial charge in [0.25, 0.3) is 0 Å². The van der Waals surface area contributed by atoms with Gasteiger partial charge < -0.3 is 15.1 Å². The average molecular weight is 379 g/mol. The second-order valence-electron chi connectivity index (χ2n) is 5.51. The average Bonchev–Trinajstić information content (AvgIpc) is 2.56. The van der Waals surface area contributed by atoms with Gasteiger partial charge in [0.15, 0.2) is 0 Å². The molecule has 1 unspecified atom stereocenters. The maximum Gasteiger partial charge on any atom is 0.317 e. The topological polar surface area (TPSA) is 98.2 Å². The minimum Gasteiger partial charge on any atom is -0.481 e. The lowest BCUT2D eigenvalue weighted by atomic mass is 10.3. The highest BCUT2D eigenvalue weighted by Crippen LogP contribution is 1.98. The van der Waals surface area contributed by atoms with Crippen LogP contribution in [-0.4, -0.2) is 81.2 Å². The molecule has 0 bridgehead atoms. The van der Waals surface area contributed by atoms with Crippen LogP contribution in [0.3, 0.4) is 0 Å². The van der Waals surface area contributed by atoms with E-state index < -0.39 is 22.7 Å². The fourth-order valence-corrected chi connectivity index (χ4v) is 2.62. The lowest BCUT2D eigenvalue weighted by Gasteiger charge is -2.26. The molecule has 0 spiro atoms. The van der Waals surface area contributed by atoms with Gasteiger partial charge in [0.05, 0.1) is 6.54 Å². The van der Waals surface area contributed by atoms with Gasteiger partial charge in [0, 0.05) is 42.6 Å². The van der Waals surface area contributed by atoms with Gasteiger partial charge in [-0.1, -0.05) is 27.4 Å². The number of aliphatic carboxylic acids is 2. The Bertz CT molecular complexity index is 404. The summed E-state index contributed by atoms with van der Waals surface area (Å²) < 4.78 is 11.4. The summed E-state index contributed by atoms with van der Waals surface area (Å²) in [5.74, 6) is -0.936. The van der Waals surface area contributed by atoms with E-state index in [9.17, 15) is 13.8 Å². The van der Waals surface area contributed by atoms with E-state index in [-0.39, 0.29) is 13.0 Å². The Morgan fingerprint density at radius 3 is 1.80 bits per heavy atom. The number of hydrogen-bond acceptors (Lipinski definition) is 5. The SMILES string of the molecule is C=CS(=O)CCN(CCC)CCN(CCC)CC(=O)O.CCC(=O)O. The Labute approximate surface area is 154 Å². The molecule has 0 aromatic carbocycles. The number of hydrogen-bond donors (Lipinski definition) is 2. The van der Waals surface area contributed by atoms with E-state index in [4.69, 9.17) is 10.2 Å². The highest BCUT2D eigenvalue weighted by molar-refractivity contribution is 7.87. The smallest absolute Gasteiger partial charge is 0.317 e. The first-order chi connectivity index (χ1) is 11.8. The van der Waals surface area contributed by atoms with E-state index >= 15 is 0 Å². The molecule has 0 aromatic rings. The van der Waals surface area contributed by atoms with Crippen molar-refractivity contribution in [1.82, 2.24) is 9.80 Å². The molecular weight excluding hydrogens is 344 g/mol. The fraction of sp³-hybridized carbons (Fsp3) is 0.765. The maximum atomic E-state index is 11.4. The Morgan fingerprint density at radius 2 is 1.40 bits per heavy atom.